The molecule has 0 radical (unpaired) electrons. The number of hydrogen-bond acceptors (Lipinski definition) is 2. The summed E-state index contributed by atoms with van der Waals surface area (Å²) in [6.45, 7) is 1.48. The zero-order chi connectivity index (χ0) is 10.9. The zero-order valence-electron chi connectivity index (χ0n) is 7.37. The number of sulfonamides is 1. The Kier molecular flexibility index (Phi) is 3.42. The summed E-state index contributed by atoms with van der Waals surface area (Å²) < 4.78 is 22.1. The van der Waals surface area contributed by atoms with E-state index in [1.54, 1.807) is 0 Å². The van der Waals surface area contributed by atoms with Gasteiger partial charge in [-0.1, -0.05) is 23.2 Å². The number of primary sulfonamides is 1. The lowest BCUT2D eigenvalue weighted by atomic mass is 10.2. The topological polar surface area (TPSA) is 60.2 Å². The average Bonchev–Trinajstić information content (AvgIpc) is 1.99. The molecule has 0 saturated heterocycles. The van der Waals surface area contributed by atoms with E-state index in [0.29, 0.717) is 15.6 Å². The van der Waals surface area contributed by atoms with Gasteiger partial charge in [-0.25, -0.2) is 13.6 Å². The summed E-state index contributed by atoms with van der Waals surface area (Å²) >= 11 is 11.4. The van der Waals surface area contributed by atoms with Crippen LogP contribution in [0.5, 0.6) is 0 Å². The van der Waals surface area contributed by atoms with E-state index in [9.17, 15) is 8.42 Å². The minimum absolute atomic E-state index is 0.392. The van der Waals surface area contributed by atoms with Gasteiger partial charge in [0.2, 0.25) is 10.0 Å². The molecule has 14 heavy (non-hydrogen) atoms. The van der Waals surface area contributed by atoms with Crippen LogP contribution in [-0.4, -0.2) is 8.42 Å². The third-order valence-corrected chi connectivity index (χ3v) is 3.54. The maximum absolute atomic E-state index is 11.0. The van der Waals surface area contributed by atoms with E-state index in [2.05, 4.69) is 0 Å². The molecule has 0 amide bonds. The van der Waals surface area contributed by atoms with Crippen molar-refractivity contribution in [2.75, 3.05) is 0 Å². The maximum atomic E-state index is 11.0. The first-order valence-corrected chi connectivity index (χ1v) is 6.15. The third-order valence-electron chi connectivity index (χ3n) is 1.85. The van der Waals surface area contributed by atoms with Gasteiger partial charge in [-0.2, -0.15) is 0 Å². The van der Waals surface area contributed by atoms with Gasteiger partial charge >= 0.3 is 0 Å². The van der Waals surface area contributed by atoms with Crippen molar-refractivity contribution in [3.63, 3.8) is 0 Å². The van der Waals surface area contributed by atoms with Gasteiger partial charge in [-0.15, -0.1) is 0 Å². The van der Waals surface area contributed by atoms with E-state index >= 15 is 0 Å². The van der Waals surface area contributed by atoms with Crippen molar-refractivity contribution >= 4 is 33.2 Å². The number of nitrogens with two attached hydrogens (primary N) is 1. The van der Waals surface area contributed by atoms with Crippen LogP contribution in [0.15, 0.2) is 18.2 Å². The molecule has 1 rings (SSSR count). The van der Waals surface area contributed by atoms with Crippen molar-refractivity contribution in [2.24, 2.45) is 5.14 Å². The Morgan fingerprint density at radius 3 is 2.00 bits per heavy atom. The molecular formula is C8H9Cl2NO2S. The second kappa shape index (κ2) is 4.06. The van der Waals surface area contributed by atoms with Gasteiger partial charge in [-0.3, -0.25) is 0 Å². The number of halogens is 2. The summed E-state index contributed by atoms with van der Waals surface area (Å²) in [7, 11) is -3.61. The molecule has 0 aliphatic heterocycles. The molecule has 0 aromatic heterocycles. The highest BCUT2D eigenvalue weighted by molar-refractivity contribution is 7.89. The maximum Gasteiger partial charge on any atom is 0.215 e. The molecule has 0 spiro atoms. The number of rotatable bonds is 2. The SMILES string of the molecule is CC(c1cc(Cl)cc(Cl)c1)S(N)(=O)=O. The highest BCUT2D eigenvalue weighted by Gasteiger charge is 2.18. The van der Waals surface area contributed by atoms with Crippen LogP contribution >= 0.6 is 23.2 Å². The van der Waals surface area contributed by atoms with E-state index in [1.165, 1.54) is 25.1 Å². The minimum Gasteiger partial charge on any atom is -0.228 e. The molecule has 1 aromatic rings. The van der Waals surface area contributed by atoms with Crippen molar-refractivity contribution in [1.82, 2.24) is 0 Å². The van der Waals surface area contributed by atoms with Crippen molar-refractivity contribution in [3.8, 4) is 0 Å². The van der Waals surface area contributed by atoms with Crippen LogP contribution in [0.25, 0.3) is 0 Å². The Labute approximate surface area is 92.9 Å². The molecule has 1 atom stereocenters. The standard InChI is InChI=1S/C8H9Cl2NO2S/c1-5(14(11,12)13)6-2-7(9)4-8(10)3-6/h2-5H,1H3,(H2,11,12,13). The second-order valence-corrected chi connectivity index (χ2v) is 5.69. The van der Waals surface area contributed by atoms with Crippen molar-refractivity contribution < 1.29 is 8.42 Å². The summed E-state index contributed by atoms with van der Waals surface area (Å²) in [5.41, 5.74) is 0.491. The minimum atomic E-state index is -3.61. The number of hydrogen-bond donors (Lipinski definition) is 1. The molecule has 0 fully saturated rings. The van der Waals surface area contributed by atoms with Crippen molar-refractivity contribution in [1.29, 1.82) is 0 Å². The monoisotopic (exact) mass is 253 g/mol. The van der Waals surface area contributed by atoms with Crippen LogP contribution < -0.4 is 5.14 Å². The lowest BCUT2D eigenvalue weighted by molar-refractivity contribution is 0.588. The van der Waals surface area contributed by atoms with Gasteiger partial charge < -0.3 is 0 Å². The molecular weight excluding hydrogens is 245 g/mol. The summed E-state index contributed by atoms with van der Waals surface area (Å²) in [4.78, 5) is 0. The van der Waals surface area contributed by atoms with Gasteiger partial charge in [0.15, 0.2) is 0 Å². The fraction of sp³-hybridized carbons (Fsp3) is 0.250. The first kappa shape index (κ1) is 11.8. The normalized spacial score (nSPS) is 14.0. The zero-order valence-corrected chi connectivity index (χ0v) is 9.70. The number of benzene rings is 1. The molecule has 1 unspecified atom stereocenters. The predicted molar refractivity (Wildman–Crippen MR) is 58.0 cm³/mol. The molecule has 6 heteroatoms. The van der Waals surface area contributed by atoms with E-state index in [1.807, 2.05) is 0 Å². The largest absolute Gasteiger partial charge is 0.228 e. The fourth-order valence-electron chi connectivity index (χ4n) is 1.000. The lowest BCUT2D eigenvalue weighted by Crippen LogP contribution is -2.19. The Hall–Kier alpha value is -0.290. The lowest BCUT2D eigenvalue weighted by Gasteiger charge is -2.09. The van der Waals surface area contributed by atoms with Gasteiger partial charge in [0.1, 0.15) is 0 Å². The van der Waals surface area contributed by atoms with Gasteiger partial charge in [0.05, 0.1) is 5.25 Å². The molecule has 0 aliphatic carbocycles. The van der Waals surface area contributed by atoms with Gasteiger partial charge in [-0.05, 0) is 30.7 Å². The van der Waals surface area contributed by atoms with E-state index in [-0.39, 0.29) is 0 Å². The van der Waals surface area contributed by atoms with E-state index in [4.69, 9.17) is 28.3 Å². The van der Waals surface area contributed by atoms with E-state index < -0.39 is 15.3 Å². The van der Waals surface area contributed by atoms with Crippen LogP contribution in [0, 0.1) is 0 Å². The summed E-state index contributed by atoms with van der Waals surface area (Å²) in [5, 5.41) is 4.97. The molecule has 1 aromatic carbocycles. The smallest absolute Gasteiger partial charge is 0.215 e. The summed E-state index contributed by atoms with van der Waals surface area (Å²) in [5.74, 6) is 0. The molecule has 0 bridgehead atoms. The highest BCUT2D eigenvalue weighted by atomic mass is 35.5. The molecule has 0 heterocycles. The molecule has 0 aliphatic rings. The molecule has 0 saturated carbocycles. The van der Waals surface area contributed by atoms with Crippen LogP contribution in [-0.2, 0) is 10.0 Å². The van der Waals surface area contributed by atoms with Crippen LogP contribution in [0.4, 0.5) is 0 Å². The highest BCUT2D eigenvalue weighted by Crippen LogP contribution is 2.26. The van der Waals surface area contributed by atoms with Gasteiger partial charge in [0, 0.05) is 10.0 Å². The third kappa shape index (κ3) is 2.85. The van der Waals surface area contributed by atoms with Crippen molar-refractivity contribution in [3.05, 3.63) is 33.8 Å². The first-order valence-electron chi connectivity index (χ1n) is 3.78. The molecule has 2 N–H and O–H groups in total. The predicted octanol–water partition coefficient (Wildman–Crippen LogP) is 2.34. The van der Waals surface area contributed by atoms with Crippen LogP contribution in [0.3, 0.4) is 0 Å². The Morgan fingerprint density at radius 2 is 1.64 bits per heavy atom. The van der Waals surface area contributed by atoms with Crippen LogP contribution in [0.2, 0.25) is 10.0 Å². The average molecular weight is 254 g/mol. The fourth-order valence-corrected chi connectivity index (χ4v) is 2.06. The molecule has 3 nitrogen and oxygen atoms in total. The van der Waals surface area contributed by atoms with Crippen LogP contribution in [0.1, 0.15) is 17.7 Å². The Morgan fingerprint density at radius 1 is 1.21 bits per heavy atom. The second-order valence-electron chi connectivity index (χ2n) is 2.93. The summed E-state index contributed by atoms with van der Waals surface area (Å²) in [6.07, 6.45) is 0. The Balaban J connectivity index is 3.20. The van der Waals surface area contributed by atoms with Gasteiger partial charge in [0.25, 0.3) is 0 Å². The summed E-state index contributed by atoms with van der Waals surface area (Å²) in [6, 6.07) is 4.59. The Bertz CT molecular complexity index is 424. The quantitative estimate of drug-likeness (QED) is 0.880. The molecule has 78 valence electrons. The van der Waals surface area contributed by atoms with E-state index in [0.717, 1.165) is 0 Å². The first-order chi connectivity index (χ1) is 6.30. The van der Waals surface area contributed by atoms with Crippen molar-refractivity contribution in [2.45, 2.75) is 12.2 Å².